The van der Waals surface area contributed by atoms with Gasteiger partial charge in [0.1, 0.15) is 26.5 Å². The molecule has 0 aromatic heterocycles. The second-order valence-electron chi connectivity index (χ2n) is 7.77. The van der Waals surface area contributed by atoms with Gasteiger partial charge in [-0.3, -0.25) is 0 Å². The first kappa shape index (κ1) is 39.4. The van der Waals surface area contributed by atoms with Crippen LogP contribution in [0.15, 0.2) is 0 Å². The fourth-order valence-electron chi connectivity index (χ4n) is 2.45. The van der Waals surface area contributed by atoms with Crippen LogP contribution in [0.4, 0.5) is 0 Å². The molecule has 0 rings (SSSR count). The van der Waals surface area contributed by atoms with E-state index >= 15 is 0 Å². The van der Waals surface area contributed by atoms with E-state index in [2.05, 4.69) is 0 Å². The minimum absolute atomic E-state index is 0.0326. The molecule has 0 aromatic rings. The molecular formula is C25H52O15. The maximum Gasteiger partial charge on any atom is 0.146 e. The molecule has 40 heavy (non-hydrogen) atoms. The van der Waals surface area contributed by atoms with E-state index in [1.165, 1.54) is 0 Å². The van der Waals surface area contributed by atoms with Crippen LogP contribution in [0.2, 0.25) is 0 Å². The first-order chi connectivity index (χ1) is 19.8. The normalized spacial score (nSPS) is 12.4. The van der Waals surface area contributed by atoms with Crippen molar-refractivity contribution in [2.24, 2.45) is 0 Å². The zero-order valence-electron chi connectivity index (χ0n) is 24.0. The Balaban J connectivity index is 3.03. The first-order valence-corrected chi connectivity index (χ1v) is 13.5. The minimum Gasteiger partial charge on any atom is -0.394 e. The quantitative estimate of drug-likeness (QED) is 0.0677. The lowest BCUT2D eigenvalue weighted by molar-refractivity contribution is -0.0970. The topological polar surface area (TPSA) is 160 Å². The van der Waals surface area contributed by atoms with Gasteiger partial charge in [-0.05, 0) is 0 Å². The van der Waals surface area contributed by atoms with Gasteiger partial charge in [0.05, 0.1) is 132 Å². The summed E-state index contributed by atoms with van der Waals surface area (Å²) in [5.41, 5.74) is 0. The van der Waals surface area contributed by atoms with Crippen molar-refractivity contribution in [1.82, 2.24) is 0 Å². The zero-order chi connectivity index (χ0) is 29.0. The zero-order valence-corrected chi connectivity index (χ0v) is 24.0. The summed E-state index contributed by atoms with van der Waals surface area (Å²) in [4.78, 5) is 0. The van der Waals surface area contributed by atoms with Gasteiger partial charge in [0, 0.05) is 7.11 Å². The molecule has 2 N–H and O–H groups in total. The van der Waals surface area contributed by atoms with Crippen LogP contribution in [0.25, 0.3) is 0 Å². The van der Waals surface area contributed by atoms with Crippen LogP contribution in [0, 0.1) is 0 Å². The lowest BCUT2D eigenvalue weighted by Gasteiger charge is -2.09. The third kappa shape index (κ3) is 35.4. The molecule has 0 bridgehead atoms. The summed E-state index contributed by atoms with van der Waals surface area (Å²) in [6, 6.07) is 0. The number of aliphatic hydroxyl groups is 2. The van der Waals surface area contributed by atoms with Gasteiger partial charge in [-0.25, -0.2) is 0 Å². The highest BCUT2D eigenvalue weighted by Crippen LogP contribution is 1.88. The Bertz CT molecular complexity index is 450. The van der Waals surface area contributed by atoms with Gasteiger partial charge in [-0.1, -0.05) is 0 Å². The van der Waals surface area contributed by atoms with Crippen LogP contribution >= 0.6 is 0 Å². The molecule has 0 aromatic carbocycles. The molecule has 15 nitrogen and oxygen atoms in total. The number of methoxy groups -OCH3 is 1. The van der Waals surface area contributed by atoms with Gasteiger partial charge in [-0.15, -0.1) is 0 Å². The van der Waals surface area contributed by atoms with Crippen molar-refractivity contribution in [3.05, 3.63) is 0 Å². The summed E-state index contributed by atoms with van der Waals surface area (Å²) in [7, 11) is 1.58. The molecule has 1 unspecified atom stereocenters. The molecule has 0 aliphatic carbocycles. The predicted molar refractivity (Wildman–Crippen MR) is 140 cm³/mol. The smallest absolute Gasteiger partial charge is 0.146 e. The maximum absolute atomic E-state index is 9.07. The van der Waals surface area contributed by atoms with E-state index in [9.17, 15) is 0 Å². The van der Waals surface area contributed by atoms with E-state index < -0.39 is 6.10 Å². The van der Waals surface area contributed by atoms with E-state index in [1.807, 2.05) is 0 Å². The number of aliphatic hydroxyl groups excluding tert-OH is 2. The van der Waals surface area contributed by atoms with Crippen molar-refractivity contribution in [3.8, 4) is 0 Å². The second-order valence-corrected chi connectivity index (χ2v) is 7.77. The van der Waals surface area contributed by atoms with E-state index in [4.69, 9.17) is 71.8 Å². The van der Waals surface area contributed by atoms with Crippen molar-refractivity contribution >= 4 is 0 Å². The molecule has 0 saturated carbocycles. The SMILES string of the molecule is COCOCCOCCOCCOCCOCOCCOCCOCCOCCOCCOCOCC(O)CO. The number of rotatable bonds is 36. The van der Waals surface area contributed by atoms with Crippen LogP contribution in [-0.2, 0) is 61.6 Å². The molecule has 242 valence electrons. The van der Waals surface area contributed by atoms with E-state index in [-0.39, 0.29) is 33.6 Å². The molecule has 0 aliphatic heterocycles. The van der Waals surface area contributed by atoms with Crippen molar-refractivity contribution in [2.45, 2.75) is 6.10 Å². The lowest BCUT2D eigenvalue weighted by Crippen LogP contribution is -2.20. The number of hydrogen-bond donors (Lipinski definition) is 2. The van der Waals surface area contributed by atoms with Crippen molar-refractivity contribution in [3.63, 3.8) is 0 Å². The second kappa shape index (κ2) is 36.4. The molecular weight excluding hydrogens is 540 g/mol. The van der Waals surface area contributed by atoms with Gasteiger partial charge in [-0.2, -0.15) is 0 Å². The summed E-state index contributed by atoms with van der Waals surface area (Å²) in [6.45, 7) is 8.60. The van der Waals surface area contributed by atoms with Gasteiger partial charge < -0.3 is 71.8 Å². The molecule has 15 heteroatoms. The Morgan fingerprint density at radius 3 is 0.900 bits per heavy atom. The predicted octanol–water partition coefficient (Wildman–Crippen LogP) is -0.942. The summed E-state index contributed by atoms with van der Waals surface area (Å²) in [6.07, 6.45) is -0.884. The summed E-state index contributed by atoms with van der Waals surface area (Å²) >= 11 is 0. The van der Waals surface area contributed by atoms with Crippen LogP contribution in [-0.4, -0.2) is 176 Å². The Kier molecular flexibility index (Phi) is 35.9. The first-order valence-electron chi connectivity index (χ1n) is 13.5. The molecule has 1 atom stereocenters. The highest BCUT2D eigenvalue weighted by Gasteiger charge is 2.01. The highest BCUT2D eigenvalue weighted by molar-refractivity contribution is 4.47. The Hall–Kier alpha value is -0.600. The molecule has 0 radical (unpaired) electrons. The van der Waals surface area contributed by atoms with Crippen LogP contribution in [0.1, 0.15) is 0 Å². The van der Waals surface area contributed by atoms with E-state index in [0.717, 1.165) is 0 Å². The fourth-order valence-corrected chi connectivity index (χ4v) is 2.45. The molecule has 0 spiro atoms. The number of ether oxygens (including phenoxy) is 13. The summed E-state index contributed by atoms with van der Waals surface area (Å²) < 4.78 is 68.3. The van der Waals surface area contributed by atoms with Crippen molar-refractivity contribution < 1.29 is 71.8 Å². The maximum atomic E-state index is 9.07. The summed E-state index contributed by atoms with van der Waals surface area (Å²) in [5, 5.41) is 17.7. The standard InChI is InChI=1S/C25H52O15/c1-28-22-36-16-12-32-8-4-31-6-10-34-14-18-38-23-37-17-13-33-9-5-29-2-3-30-7-11-35-15-19-39-24-40-21-25(27)20-26/h25-27H,2-24H2,1H3. The third-order valence-electron chi connectivity index (χ3n) is 4.40. The van der Waals surface area contributed by atoms with Crippen LogP contribution in [0.5, 0.6) is 0 Å². The van der Waals surface area contributed by atoms with Gasteiger partial charge >= 0.3 is 0 Å². The number of hydrogen-bond acceptors (Lipinski definition) is 15. The molecule has 0 amide bonds. The third-order valence-corrected chi connectivity index (χ3v) is 4.40. The average Bonchev–Trinajstić information content (AvgIpc) is 2.97. The molecule has 0 saturated heterocycles. The Morgan fingerprint density at radius 2 is 0.625 bits per heavy atom. The Morgan fingerprint density at radius 1 is 0.375 bits per heavy atom. The van der Waals surface area contributed by atoms with Gasteiger partial charge in [0.15, 0.2) is 0 Å². The van der Waals surface area contributed by atoms with Crippen LogP contribution in [0.3, 0.4) is 0 Å². The van der Waals surface area contributed by atoms with E-state index in [1.54, 1.807) is 7.11 Å². The van der Waals surface area contributed by atoms with Gasteiger partial charge in [0.25, 0.3) is 0 Å². The average molecular weight is 593 g/mol. The van der Waals surface area contributed by atoms with Crippen molar-refractivity contribution in [2.75, 3.05) is 160 Å². The Labute approximate surface area is 238 Å². The monoisotopic (exact) mass is 592 g/mol. The largest absolute Gasteiger partial charge is 0.394 e. The minimum atomic E-state index is -0.884. The van der Waals surface area contributed by atoms with Crippen molar-refractivity contribution in [1.29, 1.82) is 0 Å². The summed E-state index contributed by atoms with van der Waals surface area (Å²) in [5.74, 6) is 0. The lowest BCUT2D eigenvalue weighted by atomic mass is 10.4. The fraction of sp³-hybridized carbons (Fsp3) is 1.00. The molecule has 0 aliphatic rings. The highest BCUT2D eigenvalue weighted by atomic mass is 16.7. The molecule has 0 heterocycles. The molecule has 0 fully saturated rings. The van der Waals surface area contributed by atoms with Gasteiger partial charge in [0.2, 0.25) is 0 Å². The van der Waals surface area contributed by atoms with Crippen LogP contribution < -0.4 is 0 Å². The van der Waals surface area contributed by atoms with E-state index in [0.29, 0.717) is 119 Å².